The lowest BCUT2D eigenvalue weighted by Crippen LogP contribution is -2.17. The van der Waals surface area contributed by atoms with Crippen LogP contribution in [0, 0.1) is 0 Å². The highest BCUT2D eigenvalue weighted by Crippen LogP contribution is 2.31. The van der Waals surface area contributed by atoms with Crippen LogP contribution in [0.3, 0.4) is 0 Å². The largest absolute Gasteiger partial charge is 0.416 e. The predicted molar refractivity (Wildman–Crippen MR) is 102 cm³/mol. The third-order valence-electron chi connectivity index (χ3n) is 4.38. The molecule has 28 heavy (non-hydrogen) atoms. The van der Waals surface area contributed by atoms with Gasteiger partial charge in [0.05, 0.1) is 10.5 Å². The highest BCUT2D eigenvalue weighted by molar-refractivity contribution is 8.18. The quantitative estimate of drug-likeness (QED) is 0.625. The molecule has 0 bridgehead atoms. The van der Waals surface area contributed by atoms with E-state index in [0.29, 0.717) is 10.5 Å². The molecule has 1 aliphatic heterocycles. The number of alkyl halides is 3. The van der Waals surface area contributed by atoms with Crippen LogP contribution in [0.2, 0.25) is 0 Å². The van der Waals surface area contributed by atoms with Gasteiger partial charge in [-0.2, -0.15) is 13.2 Å². The first-order valence-electron chi connectivity index (χ1n) is 8.30. The van der Waals surface area contributed by atoms with Gasteiger partial charge >= 0.3 is 6.18 Å². The number of hydrogen-bond acceptors (Lipinski definition) is 3. The van der Waals surface area contributed by atoms with Gasteiger partial charge in [-0.25, -0.2) is 0 Å². The summed E-state index contributed by atoms with van der Waals surface area (Å²) in [4.78, 5) is 23.4. The molecule has 0 aliphatic carbocycles. The summed E-state index contributed by atoms with van der Waals surface area (Å²) in [6.45, 7) is 0.279. The molecule has 4 rings (SSSR count). The van der Waals surface area contributed by atoms with E-state index < -0.39 is 22.9 Å². The Hall–Kier alpha value is -3.00. The molecule has 142 valence electrons. The molecule has 1 aromatic heterocycles. The minimum absolute atomic E-state index is 0.279. The molecule has 2 heterocycles. The van der Waals surface area contributed by atoms with Gasteiger partial charge in [0.2, 0.25) is 0 Å². The molecule has 2 amide bonds. The van der Waals surface area contributed by atoms with E-state index in [1.54, 1.807) is 24.4 Å². The summed E-state index contributed by atoms with van der Waals surface area (Å²) in [6, 6.07) is 12.6. The summed E-state index contributed by atoms with van der Waals surface area (Å²) in [6.07, 6.45) is -0.952. The Morgan fingerprint density at radius 3 is 2.57 bits per heavy atom. The van der Waals surface area contributed by atoms with E-state index in [0.717, 1.165) is 40.4 Å². The van der Waals surface area contributed by atoms with E-state index in [-0.39, 0.29) is 6.54 Å². The number of fused-ring (bicyclic) bond motifs is 1. The van der Waals surface area contributed by atoms with Crippen LogP contribution in [-0.4, -0.2) is 15.7 Å². The lowest BCUT2D eigenvalue weighted by Gasteiger charge is -2.10. The molecule has 1 fully saturated rings. The number of carbonyl (C=O) groups excluding carboxylic acids is 2. The van der Waals surface area contributed by atoms with Crippen molar-refractivity contribution < 1.29 is 22.8 Å². The number of thioether (sulfide) groups is 1. The zero-order chi connectivity index (χ0) is 19.9. The van der Waals surface area contributed by atoms with Gasteiger partial charge in [0.15, 0.2) is 0 Å². The third kappa shape index (κ3) is 3.55. The average molecular weight is 402 g/mol. The van der Waals surface area contributed by atoms with Crippen LogP contribution in [0.25, 0.3) is 17.0 Å². The second-order valence-corrected chi connectivity index (χ2v) is 7.29. The Bertz CT molecular complexity index is 1130. The number of nitrogens with zero attached hydrogens (tertiary/aromatic N) is 1. The second kappa shape index (κ2) is 6.87. The molecule has 0 unspecified atom stereocenters. The standard InChI is InChI=1S/C20H13F3N2O2S/c21-20(22,23)14-5-1-3-12(9-14)11-25-8-7-15-13(4-2-6-16(15)25)10-17-18(26)24-19(27)28-17/h1-10H,11H2,(H,24,26,27). The molecule has 0 saturated carbocycles. The Morgan fingerprint density at radius 1 is 1.07 bits per heavy atom. The minimum atomic E-state index is -4.38. The zero-order valence-electron chi connectivity index (χ0n) is 14.3. The first-order chi connectivity index (χ1) is 13.3. The lowest BCUT2D eigenvalue weighted by molar-refractivity contribution is -0.137. The maximum Gasteiger partial charge on any atom is 0.416 e. The summed E-state index contributed by atoms with van der Waals surface area (Å²) in [5.41, 5.74) is 1.43. The van der Waals surface area contributed by atoms with Crippen molar-refractivity contribution in [3.8, 4) is 0 Å². The number of carbonyl (C=O) groups is 2. The fourth-order valence-corrected chi connectivity index (χ4v) is 3.79. The zero-order valence-corrected chi connectivity index (χ0v) is 15.1. The van der Waals surface area contributed by atoms with Crippen molar-refractivity contribution in [2.45, 2.75) is 12.7 Å². The summed E-state index contributed by atoms with van der Waals surface area (Å²) in [5.74, 6) is -0.435. The first-order valence-corrected chi connectivity index (χ1v) is 9.12. The lowest BCUT2D eigenvalue weighted by atomic mass is 10.1. The van der Waals surface area contributed by atoms with E-state index in [2.05, 4.69) is 5.32 Å². The van der Waals surface area contributed by atoms with Crippen molar-refractivity contribution in [3.63, 3.8) is 0 Å². The number of hydrogen-bond donors (Lipinski definition) is 1. The molecule has 0 spiro atoms. The van der Waals surface area contributed by atoms with E-state index in [4.69, 9.17) is 0 Å². The topological polar surface area (TPSA) is 51.1 Å². The first kappa shape index (κ1) is 18.4. The molecular formula is C20H13F3N2O2S. The van der Waals surface area contributed by atoms with Gasteiger partial charge in [-0.3, -0.25) is 14.9 Å². The number of imide groups is 1. The Morgan fingerprint density at radius 2 is 1.86 bits per heavy atom. The fourth-order valence-electron chi connectivity index (χ4n) is 3.12. The predicted octanol–water partition coefficient (Wildman–Crippen LogP) is 5.03. The van der Waals surface area contributed by atoms with Gasteiger partial charge in [-0.1, -0.05) is 24.3 Å². The van der Waals surface area contributed by atoms with Crippen molar-refractivity contribution in [2.24, 2.45) is 0 Å². The van der Waals surface area contributed by atoms with Crippen LogP contribution < -0.4 is 5.32 Å². The SMILES string of the molecule is O=C1NC(=O)C(=Cc2cccc3c2ccn3Cc2cccc(C(F)(F)F)c2)S1. The van der Waals surface area contributed by atoms with Gasteiger partial charge in [-0.15, -0.1) is 0 Å². The van der Waals surface area contributed by atoms with E-state index in [9.17, 15) is 22.8 Å². The molecule has 1 saturated heterocycles. The number of benzene rings is 2. The number of halogens is 3. The van der Waals surface area contributed by atoms with Crippen LogP contribution in [-0.2, 0) is 17.5 Å². The molecule has 2 aromatic carbocycles. The van der Waals surface area contributed by atoms with Crippen LogP contribution in [0.1, 0.15) is 16.7 Å². The van der Waals surface area contributed by atoms with Gasteiger partial charge in [0, 0.05) is 23.6 Å². The van der Waals surface area contributed by atoms with Gasteiger partial charge in [0.25, 0.3) is 11.1 Å². The molecule has 8 heteroatoms. The molecule has 0 atom stereocenters. The van der Waals surface area contributed by atoms with E-state index in [1.807, 2.05) is 22.8 Å². The Balaban J connectivity index is 1.69. The molecular weight excluding hydrogens is 389 g/mol. The van der Waals surface area contributed by atoms with Crippen LogP contribution >= 0.6 is 11.8 Å². The van der Waals surface area contributed by atoms with Crippen LogP contribution in [0.15, 0.2) is 59.6 Å². The molecule has 3 aromatic rings. The molecule has 1 aliphatic rings. The highest BCUT2D eigenvalue weighted by Gasteiger charge is 2.30. The normalized spacial score (nSPS) is 16.2. The van der Waals surface area contributed by atoms with Gasteiger partial charge in [-0.05, 0) is 53.2 Å². The second-order valence-electron chi connectivity index (χ2n) is 6.27. The summed E-state index contributed by atoms with van der Waals surface area (Å²) in [7, 11) is 0. The summed E-state index contributed by atoms with van der Waals surface area (Å²) < 4.78 is 40.6. The van der Waals surface area contributed by atoms with Crippen molar-refractivity contribution in [1.29, 1.82) is 0 Å². The third-order valence-corrected chi connectivity index (χ3v) is 5.19. The van der Waals surface area contributed by atoms with E-state index in [1.165, 1.54) is 6.07 Å². The maximum atomic E-state index is 12.9. The van der Waals surface area contributed by atoms with Crippen LogP contribution in [0.5, 0.6) is 0 Å². The van der Waals surface area contributed by atoms with Gasteiger partial charge in [0.1, 0.15) is 0 Å². The maximum absolute atomic E-state index is 12.9. The number of rotatable bonds is 3. The monoisotopic (exact) mass is 402 g/mol. The summed E-state index contributed by atoms with van der Waals surface area (Å²) in [5, 5.41) is 2.64. The minimum Gasteiger partial charge on any atom is -0.343 e. The number of nitrogens with one attached hydrogen (secondary N) is 1. The average Bonchev–Trinajstić information content (AvgIpc) is 3.18. The molecule has 0 radical (unpaired) electrons. The Labute approximate surface area is 162 Å². The van der Waals surface area contributed by atoms with Crippen molar-refractivity contribution in [2.75, 3.05) is 0 Å². The highest BCUT2D eigenvalue weighted by atomic mass is 32.2. The fraction of sp³-hybridized carbons (Fsp3) is 0.100. The number of amides is 2. The Kier molecular flexibility index (Phi) is 4.50. The van der Waals surface area contributed by atoms with Crippen molar-refractivity contribution >= 4 is 39.9 Å². The van der Waals surface area contributed by atoms with Crippen molar-refractivity contribution in [1.82, 2.24) is 9.88 Å². The van der Waals surface area contributed by atoms with Crippen LogP contribution in [0.4, 0.5) is 18.0 Å². The summed E-state index contributed by atoms with van der Waals surface area (Å²) >= 11 is 0.839. The number of aromatic nitrogens is 1. The smallest absolute Gasteiger partial charge is 0.343 e. The van der Waals surface area contributed by atoms with Crippen molar-refractivity contribution in [3.05, 3.63) is 76.3 Å². The van der Waals surface area contributed by atoms with Gasteiger partial charge < -0.3 is 4.57 Å². The molecule has 4 nitrogen and oxygen atoms in total. The molecule has 1 N–H and O–H groups in total. The van der Waals surface area contributed by atoms with E-state index >= 15 is 0 Å².